The molecule has 1 aromatic carbocycles. The van der Waals surface area contributed by atoms with Crippen LogP contribution in [0.5, 0.6) is 0 Å². The standard InChI is InChI=1S/C18H17F4NO3S/c1-26-14-3-4-15(8-14)27(24,25)17-5-2-11(7-16(17)18(20,21)22)12-6-13(19)10-23-9-12/h2,5-7,9-10,14-15H,3-4,8H2,1H3/t14-,15-/m0/s1. The molecule has 1 heterocycles. The summed E-state index contributed by atoms with van der Waals surface area (Å²) in [5.74, 6) is -0.700. The van der Waals surface area contributed by atoms with Crippen LogP contribution in [0, 0.1) is 5.82 Å². The predicted molar refractivity (Wildman–Crippen MR) is 90.3 cm³/mol. The fourth-order valence-corrected chi connectivity index (χ4v) is 5.34. The van der Waals surface area contributed by atoms with E-state index < -0.39 is 37.5 Å². The summed E-state index contributed by atoms with van der Waals surface area (Å²) in [7, 11) is -2.75. The molecule has 27 heavy (non-hydrogen) atoms. The quantitative estimate of drug-likeness (QED) is 0.717. The molecule has 1 aliphatic carbocycles. The van der Waals surface area contributed by atoms with Crippen LogP contribution in [0.1, 0.15) is 24.8 Å². The van der Waals surface area contributed by atoms with E-state index in [2.05, 4.69) is 4.98 Å². The Balaban J connectivity index is 2.08. The number of alkyl halides is 3. The second kappa shape index (κ2) is 7.20. The van der Waals surface area contributed by atoms with Gasteiger partial charge in [-0.15, -0.1) is 0 Å². The molecule has 2 atom stereocenters. The first-order chi connectivity index (χ1) is 12.6. The van der Waals surface area contributed by atoms with Crippen molar-refractivity contribution in [2.24, 2.45) is 0 Å². The molecule has 3 rings (SSSR count). The second-order valence-electron chi connectivity index (χ2n) is 6.44. The van der Waals surface area contributed by atoms with Crippen LogP contribution < -0.4 is 0 Å². The molecule has 0 aliphatic heterocycles. The Hall–Kier alpha value is -2.00. The highest BCUT2D eigenvalue weighted by Gasteiger charge is 2.42. The van der Waals surface area contributed by atoms with E-state index in [9.17, 15) is 26.0 Å². The summed E-state index contributed by atoms with van der Waals surface area (Å²) in [5, 5.41) is -0.926. The number of rotatable bonds is 4. The van der Waals surface area contributed by atoms with E-state index in [-0.39, 0.29) is 30.1 Å². The molecule has 0 saturated heterocycles. The number of sulfone groups is 1. The lowest BCUT2D eigenvalue weighted by atomic mass is 10.0. The zero-order valence-electron chi connectivity index (χ0n) is 14.3. The maximum atomic E-state index is 13.6. The van der Waals surface area contributed by atoms with E-state index >= 15 is 0 Å². The molecule has 0 spiro atoms. The molecule has 1 aromatic heterocycles. The fraction of sp³-hybridized carbons (Fsp3) is 0.389. The molecule has 0 bridgehead atoms. The third-order valence-electron chi connectivity index (χ3n) is 4.74. The van der Waals surface area contributed by atoms with Gasteiger partial charge in [-0.05, 0) is 43.0 Å². The van der Waals surface area contributed by atoms with Crippen LogP contribution in [0.15, 0.2) is 41.6 Å². The lowest BCUT2D eigenvalue weighted by Crippen LogP contribution is -2.23. The summed E-state index contributed by atoms with van der Waals surface area (Å²) in [4.78, 5) is 2.86. The van der Waals surface area contributed by atoms with Crippen molar-refractivity contribution in [3.8, 4) is 11.1 Å². The Kier molecular flexibility index (Phi) is 5.27. The van der Waals surface area contributed by atoms with Crippen molar-refractivity contribution in [2.45, 2.75) is 41.7 Å². The number of halogens is 4. The average Bonchev–Trinajstić information content (AvgIpc) is 3.10. The second-order valence-corrected chi connectivity index (χ2v) is 8.63. The first kappa shape index (κ1) is 19.8. The van der Waals surface area contributed by atoms with Gasteiger partial charge in [-0.25, -0.2) is 12.8 Å². The Morgan fingerprint density at radius 1 is 1.11 bits per heavy atom. The molecule has 0 N–H and O–H groups in total. The van der Waals surface area contributed by atoms with Crippen molar-refractivity contribution >= 4 is 9.84 Å². The molecule has 146 valence electrons. The monoisotopic (exact) mass is 403 g/mol. The van der Waals surface area contributed by atoms with Crippen molar-refractivity contribution in [2.75, 3.05) is 7.11 Å². The van der Waals surface area contributed by atoms with E-state index in [0.717, 1.165) is 24.4 Å². The smallest absolute Gasteiger partial charge is 0.381 e. The van der Waals surface area contributed by atoms with Crippen molar-refractivity contribution < 1.29 is 30.7 Å². The van der Waals surface area contributed by atoms with Crippen LogP contribution in [-0.2, 0) is 20.8 Å². The molecule has 0 amide bonds. The maximum absolute atomic E-state index is 13.6. The lowest BCUT2D eigenvalue weighted by molar-refractivity contribution is -0.139. The average molecular weight is 403 g/mol. The van der Waals surface area contributed by atoms with E-state index in [4.69, 9.17) is 4.74 Å². The Morgan fingerprint density at radius 2 is 1.85 bits per heavy atom. The molecule has 1 saturated carbocycles. The summed E-state index contributed by atoms with van der Waals surface area (Å²) in [5.41, 5.74) is -1.09. The van der Waals surface area contributed by atoms with Gasteiger partial charge in [0.25, 0.3) is 0 Å². The first-order valence-corrected chi connectivity index (χ1v) is 9.76. The number of hydrogen-bond donors (Lipinski definition) is 0. The maximum Gasteiger partial charge on any atom is 0.417 e. The highest BCUT2D eigenvalue weighted by Crippen LogP contribution is 2.40. The van der Waals surface area contributed by atoms with E-state index in [1.165, 1.54) is 19.4 Å². The number of nitrogens with zero attached hydrogens (tertiary/aromatic N) is 1. The van der Waals surface area contributed by atoms with Gasteiger partial charge in [-0.1, -0.05) is 6.07 Å². The van der Waals surface area contributed by atoms with Crippen LogP contribution in [-0.4, -0.2) is 31.9 Å². The van der Waals surface area contributed by atoms with Gasteiger partial charge in [0, 0.05) is 18.9 Å². The Labute approximate surface area is 154 Å². The third kappa shape index (κ3) is 3.98. The number of aromatic nitrogens is 1. The van der Waals surface area contributed by atoms with Gasteiger partial charge in [0.15, 0.2) is 9.84 Å². The summed E-state index contributed by atoms with van der Waals surface area (Å²) in [6, 6.07) is 3.95. The Bertz CT molecular complexity index is 944. The normalized spacial score (nSPS) is 20.8. The molecule has 9 heteroatoms. The van der Waals surface area contributed by atoms with E-state index in [1.54, 1.807) is 0 Å². The molecule has 0 radical (unpaired) electrons. The van der Waals surface area contributed by atoms with Crippen molar-refractivity contribution in [1.82, 2.24) is 4.98 Å². The van der Waals surface area contributed by atoms with Crippen molar-refractivity contribution in [3.63, 3.8) is 0 Å². The van der Waals surface area contributed by atoms with Gasteiger partial charge in [0.1, 0.15) is 5.82 Å². The number of pyridine rings is 1. The largest absolute Gasteiger partial charge is 0.417 e. The van der Waals surface area contributed by atoms with Gasteiger partial charge in [-0.2, -0.15) is 13.2 Å². The van der Waals surface area contributed by atoms with Crippen molar-refractivity contribution in [1.29, 1.82) is 0 Å². The zero-order chi connectivity index (χ0) is 19.8. The van der Waals surface area contributed by atoms with Crippen LogP contribution in [0.25, 0.3) is 11.1 Å². The van der Waals surface area contributed by atoms with Gasteiger partial charge >= 0.3 is 6.18 Å². The highest BCUT2D eigenvalue weighted by molar-refractivity contribution is 7.92. The van der Waals surface area contributed by atoms with Gasteiger partial charge in [0.05, 0.1) is 28.0 Å². The topological polar surface area (TPSA) is 56.3 Å². The minimum atomic E-state index is -4.88. The minimum Gasteiger partial charge on any atom is -0.381 e. The predicted octanol–water partition coefficient (Wildman–Crippen LogP) is 4.25. The number of hydrogen-bond acceptors (Lipinski definition) is 4. The molecule has 1 fully saturated rings. The molecular weight excluding hydrogens is 386 g/mol. The lowest BCUT2D eigenvalue weighted by Gasteiger charge is -2.18. The molecule has 0 unspecified atom stereocenters. The van der Waals surface area contributed by atoms with Gasteiger partial charge < -0.3 is 4.74 Å². The number of methoxy groups -OCH3 is 1. The molecular formula is C18H17F4NO3S. The van der Waals surface area contributed by atoms with Crippen LogP contribution in [0.3, 0.4) is 0 Å². The summed E-state index contributed by atoms with van der Waals surface area (Å²) >= 11 is 0. The Morgan fingerprint density at radius 3 is 2.44 bits per heavy atom. The minimum absolute atomic E-state index is 0.0365. The zero-order valence-corrected chi connectivity index (χ0v) is 15.1. The SMILES string of the molecule is CO[C@H]1CC[C@H](S(=O)(=O)c2ccc(-c3cncc(F)c3)cc2C(F)(F)F)C1. The van der Waals surface area contributed by atoms with Crippen LogP contribution in [0.2, 0.25) is 0 Å². The summed E-state index contributed by atoms with van der Waals surface area (Å²) in [6.07, 6.45) is -2.13. The highest BCUT2D eigenvalue weighted by atomic mass is 32.2. The fourth-order valence-electron chi connectivity index (χ4n) is 3.33. The molecule has 2 aromatic rings. The van der Waals surface area contributed by atoms with Crippen molar-refractivity contribution in [3.05, 3.63) is 48.0 Å². The van der Waals surface area contributed by atoms with Gasteiger partial charge in [-0.3, -0.25) is 4.98 Å². The molecule has 1 aliphatic rings. The molecule has 4 nitrogen and oxygen atoms in total. The number of benzene rings is 1. The van der Waals surface area contributed by atoms with E-state index in [1.807, 2.05) is 0 Å². The van der Waals surface area contributed by atoms with E-state index in [0.29, 0.717) is 6.42 Å². The van der Waals surface area contributed by atoms with Crippen LogP contribution >= 0.6 is 0 Å². The van der Waals surface area contributed by atoms with Crippen LogP contribution in [0.4, 0.5) is 17.6 Å². The summed E-state index contributed by atoms with van der Waals surface area (Å²) < 4.78 is 85.0. The number of ether oxygens (including phenoxy) is 1. The first-order valence-electron chi connectivity index (χ1n) is 8.22. The van der Waals surface area contributed by atoms with Gasteiger partial charge in [0.2, 0.25) is 0 Å². The summed E-state index contributed by atoms with van der Waals surface area (Å²) in [6.45, 7) is 0. The third-order valence-corrected chi connectivity index (χ3v) is 7.01.